The number of carbonyl (C=O) groups excluding carboxylic acids is 1. The van der Waals surface area contributed by atoms with E-state index in [0.717, 1.165) is 6.54 Å². The minimum atomic E-state index is -0.359. The lowest BCUT2D eigenvalue weighted by molar-refractivity contribution is 0.0269. The molecule has 1 aromatic rings. The molecule has 0 spiro atoms. The van der Waals surface area contributed by atoms with Crippen molar-refractivity contribution in [3.05, 3.63) is 29.8 Å². The molecule has 3 N–H and O–H groups in total. The number of benzene rings is 1. The van der Waals surface area contributed by atoms with Gasteiger partial charge in [0.15, 0.2) is 5.78 Å². The zero-order valence-electron chi connectivity index (χ0n) is 8.40. The Morgan fingerprint density at radius 3 is 2.73 bits per heavy atom. The zero-order chi connectivity index (χ0) is 10.7. The monoisotopic (exact) mass is 206 g/mol. The third-order valence-electron chi connectivity index (χ3n) is 2.42. The van der Waals surface area contributed by atoms with Crippen LogP contribution in [0.4, 0.5) is 5.69 Å². The highest BCUT2D eigenvalue weighted by atomic mass is 16.5. The Bertz CT molecular complexity index is 342. The fourth-order valence-corrected chi connectivity index (χ4v) is 1.57. The van der Waals surface area contributed by atoms with Crippen molar-refractivity contribution in [1.29, 1.82) is 0 Å². The predicted molar refractivity (Wildman–Crippen MR) is 57.8 cm³/mol. The van der Waals surface area contributed by atoms with Crippen LogP contribution in [0.2, 0.25) is 0 Å². The first-order valence-electron chi connectivity index (χ1n) is 4.99. The fourth-order valence-electron chi connectivity index (χ4n) is 1.57. The molecule has 1 heterocycles. The van der Waals surface area contributed by atoms with Crippen molar-refractivity contribution in [2.24, 2.45) is 0 Å². The summed E-state index contributed by atoms with van der Waals surface area (Å²) in [6.45, 7) is 1.99. The van der Waals surface area contributed by atoms with E-state index in [-0.39, 0.29) is 11.9 Å². The van der Waals surface area contributed by atoms with Crippen molar-refractivity contribution in [2.45, 2.75) is 6.10 Å². The van der Waals surface area contributed by atoms with Crippen LogP contribution in [0.5, 0.6) is 0 Å². The maximum absolute atomic E-state index is 11.9. The molecule has 1 aliphatic rings. The summed E-state index contributed by atoms with van der Waals surface area (Å²) in [5.41, 5.74) is 6.86. The molecule has 0 amide bonds. The summed E-state index contributed by atoms with van der Waals surface area (Å²) in [5, 5.41) is 3.13. The second kappa shape index (κ2) is 4.42. The Hall–Kier alpha value is -1.39. The molecule has 0 aromatic heterocycles. The van der Waals surface area contributed by atoms with Crippen LogP contribution < -0.4 is 11.1 Å². The van der Waals surface area contributed by atoms with E-state index in [1.807, 2.05) is 0 Å². The molecule has 4 heteroatoms. The summed E-state index contributed by atoms with van der Waals surface area (Å²) in [6, 6.07) is 6.91. The van der Waals surface area contributed by atoms with Crippen molar-refractivity contribution in [2.75, 3.05) is 25.4 Å². The number of morpholine rings is 1. The van der Waals surface area contributed by atoms with Crippen LogP contribution in [0.25, 0.3) is 0 Å². The second-order valence-electron chi connectivity index (χ2n) is 3.55. The molecular weight excluding hydrogens is 192 g/mol. The summed E-state index contributed by atoms with van der Waals surface area (Å²) in [6.07, 6.45) is -0.359. The number of nitrogens with one attached hydrogen (secondary N) is 1. The van der Waals surface area contributed by atoms with Crippen molar-refractivity contribution in [3.63, 3.8) is 0 Å². The van der Waals surface area contributed by atoms with Gasteiger partial charge in [-0.05, 0) is 24.3 Å². The summed E-state index contributed by atoms with van der Waals surface area (Å²) in [5.74, 6) is 0.0159. The molecule has 0 radical (unpaired) electrons. The van der Waals surface area contributed by atoms with E-state index in [1.165, 1.54) is 0 Å². The standard InChI is InChI=1S/C11H14N2O2/c12-9-3-1-8(2-4-9)11(14)10-7-13-5-6-15-10/h1-4,10,13H,5-7,12H2. The van der Waals surface area contributed by atoms with E-state index >= 15 is 0 Å². The average Bonchev–Trinajstić information content (AvgIpc) is 2.30. The van der Waals surface area contributed by atoms with E-state index in [4.69, 9.17) is 10.5 Å². The van der Waals surface area contributed by atoms with Crippen molar-refractivity contribution in [1.82, 2.24) is 5.32 Å². The molecule has 0 bridgehead atoms. The van der Waals surface area contributed by atoms with E-state index in [2.05, 4.69) is 5.32 Å². The Labute approximate surface area is 88.4 Å². The van der Waals surface area contributed by atoms with Crippen LogP contribution in [0, 0.1) is 0 Å². The topological polar surface area (TPSA) is 64.4 Å². The van der Waals surface area contributed by atoms with E-state index < -0.39 is 0 Å². The summed E-state index contributed by atoms with van der Waals surface area (Å²) in [4.78, 5) is 11.9. The number of carbonyl (C=O) groups is 1. The SMILES string of the molecule is Nc1ccc(C(=O)C2CNCCO2)cc1. The number of Topliss-reactive ketones (excluding diaryl/α,β-unsaturated/α-hetero) is 1. The van der Waals surface area contributed by atoms with Gasteiger partial charge in [-0.2, -0.15) is 0 Å². The number of rotatable bonds is 2. The van der Waals surface area contributed by atoms with Crippen LogP contribution in [0.3, 0.4) is 0 Å². The Balaban J connectivity index is 2.09. The minimum absolute atomic E-state index is 0.0159. The van der Waals surface area contributed by atoms with Gasteiger partial charge in [0.2, 0.25) is 0 Å². The molecule has 1 aromatic carbocycles. The van der Waals surface area contributed by atoms with Gasteiger partial charge in [-0.25, -0.2) is 0 Å². The van der Waals surface area contributed by atoms with Gasteiger partial charge >= 0.3 is 0 Å². The molecule has 15 heavy (non-hydrogen) atoms. The van der Waals surface area contributed by atoms with Gasteiger partial charge in [-0.3, -0.25) is 4.79 Å². The molecule has 1 atom stereocenters. The number of anilines is 1. The Morgan fingerprint density at radius 1 is 1.40 bits per heavy atom. The number of hydrogen-bond donors (Lipinski definition) is 2. The lowest BCUT2D eigenvalue weighted by Crippen LogP contribution is -2.43. The number of hydrogen-bond acceptors (Lipinski definition) is 4. The van der Waals surface area contributed by atoms with Crippen LogP contribution in [0.1, 0.15) is 10.4 Å². The summed E-state index contributed by atoms with van der Waals surface area (Å²) in [7, 11) is 0. The maximum atomic E-state index is 11.9. The predicted octanol–water partition coefficient (Wildman–Crippen LogP) is 0.440. The molecule has 80 valence electrons. The highest BCUT2D eigenvalue weighted by Gasteiger charge is 2.22. The van der Waals surface area contributed by atoms with Gasteiger partial charge in [0.1, 0.15) is 6.10 Å². The molecule has 4 nitrogen and oxygen atoms in total. The summed E-state index contributed by atoms with van der Waals surface area (Å²) >= 11 is 0. The highest BCUT2D eigenvalue weighted by molar-refractivity contribution is 5.99. The molecule has 2 rings (SSSR count). The number of ether oxygens (including phenoxy) is 1. The normalized spacial score (nSPS) is 21.2. The van der Waals surface area contributed by atoms with Crippen molar-refractivity contribution in [3.8, 4) is 0 Å². The molecule has 1 unspecified atom stereocenters. The lowest BCUT2D eigenvalue weighted by atomic mass is 10.1. The Kier molecular flexibility index (Phi) is 2.99. The first-order chi connectivity index (χ1) is 7.27. The van der Waals surface area contributed by atoms with Gasteiger partial charge in [-0.15, -0.1) is 0 Å². The molecule has 0 aliphatic carbocycles. The largest absolute Gasteiger partial charge is 0.399 e. The van der Waals surface area contributed by atoms with Gasteiger partial charge in [-0.1, -0.05) is 0 Å². The van der Waals surface area contributed by atoms with Crippen LogP contribution in [-0.4, -0.2) is 31.6 Å². The number of nitrogen functional groups attached to an aromatic ring is 1. The highest BCUT2D eigenvalue weighted by Crippen LogP contribution is 2.10. The van der Waals surface area contributed by atoms with Gasteiger partial charge in [0, 0.05) is 24.3 Å². The molecule has 0 saturated carbocycles. The van der Waals surface area contributed by atoms with Crippen LogP contribution in [0.15, 0.2) is 24.3 Å². The van der Waals surface area contributed by atoms with Gasteiger partial charge < -0.3 is 15.8 Å². The van der Waals surface area contributed by atoms with E-state index in [9.17, 15) is 4.79 Å². The summed E-state index contributed by atoms with van der Waals surface area (Å²) < 4.78 is 5.38. The molecule has 1 fully saturated rings. The second-order valence-corrected chi connectivity index (χ2v) is 3.55. The van der Waals surface area contributed by atoms with E-state index in [0.29, 0.717) is 24.4 Å². The molecule has 1 saturated heterocycles. The van der Waals surface area contributed by atoms with Gasteiger partial charge in [0.25, 0.3) is 0 Å². The van der Waals surface area contributed by atoms with Crippen molar-refractivity contribution < 1.29 is 9.53 Å². The quantitative estimate of drug-likeness (QED) is 0.544. The van der Waals surface area contributed by atoms with Crippen molar-refractivity contribution >= 4 is 11.5 Å². The molecular formula is C11H14N2O2. The van der Waals surface area contributed by atoms with Crippen LogP contribution >= 0.6 is 0 Å². The number of ketones is 1. The first-order valence-corrected chi connectivity index (χ1v) is 4.99. The third-order valence-corrected chi connectivity index (χ3v) is 2.42. The minimum Gasteiger partial charge on any atom is -0.399 e. The average molecular weight is 206 g/mol. The maximum Gasteiger partial charge on any atom is 0.192 e. The number of nitrogens with two attached hydrogens (primary N) is 1. The third kappa shape index (κ3) is 2.34. The molecule has 1 aliphatic heterocycles. The Morgan fingerprint density at radius 2 is 2.13 bits per heavy atom. The van der Waals surface area contributed by atoms with E-state index in [1.54, 1.807) is 24.3 Å². The van der Waals surface area contributed by atoms with Gasteiger partial charge in [0.05, 0.1) is 6.61 Å². The first kappa shape index (κ1) is 10.1. The van der Waals surface area contributed by atoms with Crippen LogP contribution in [-0.2, 0) is 4.74 Å². The smallest absolute Gasteiger partial charge is 0.192 e. The fraction of sp³-hybridized carbons (Fsp3) is 0.364. The lowest BCUT2D eigenvalue weighted by Gasteiger charge is -2.22. The zero-order valence-corrected chi connectivity index (χ0v) is 8.40.